The summed E-state index contributed by atoms with van der Waals surface area (Å²) in [5.41, 5.74) is 0.451. The quantitative estimate of drug-likeness (QED) is 0.426. The predicted molar refractivity (Wildman–Crippen MR) is 55.5 cm³/mol. The lowest BCUT2D eigenvalue weighted by Crippen LogP contribution is -2.03. The van der Waals surface area contributed by atoms with Crippen LogP contribution in [0.4, 0.5) is 0 Å². The van der Waals surface area contributed by atoms with Gasteiger partial charge in [-0.25, -0.2) is 9.59 Å². The Balaban J connectivity index is 0. The number of esters is 1. The van der Waals surface area contributed by atoms with Crippen molar-refractivity contribution in [2.24, 2.45) is 0 Å². The van der Waals surface area contributed by atoms with E-state index < -0.39 is 5.97 Å². The van der Waals surface area contributed by atoms with Gasteiger partial charge in [-0.1, -0.05) is 6.58 Å². The van der Waals surface area contributed by atoms with E-state index in [1.54, 1.807) is 13.8 Å². The fourth-order valence-electron chi connectivity index (χ4n) is 0.433. The van der Waals surface area contributed by atoms with Crippen molar-refractivity contribution in [3.8, 4) is 0 Å². The van der Waals surface area contributed by atoms with Gasteiger partial charge >= 0.3 is 11.9 Å². The number of allylic oxidation sites excluding steroid dienone is 1. The summed E-state index contributed by atoms with van der Waals surface area (Å²) in [6.45, 7) is 8.51. The molecular weight excluding hydrogens is 200 g/mol. The number of carbonyl (C=O) groups is 2. The smallest absolute Gasteiger partial charge is 0.333 e. The van der Waals surface area contributed by atoms with Crippen LogP contribution in [0.25, 0.3) is 0 Å². The normalized spacial score (nSPS) is 9.67. The summed E-state index contributed by atoms with van der Waals surface area (Å²) in [7, 11) is 0. The third-order valence-corrected chi connectivity index (χ3v) is 0.956. The van der Waals surface area contributed by atoms with E-state index in [9.17, 15) is 9.59 Å². The third-order valence-electron chi connectivity index (χ3n) is 0.956. The van der Waals surface area contributed by atoms with Crippen LogP contribution in [0.3, 0.4) is 0 Å². The van der Waals surface area contributed by atoms with Crippen LogP contribution in [0, 0.1) is 0 Å². The number of aliphatic hydroxyl groups is 1. The van der Waals surface area contributed by atoms with Crippen LogP contribution >= 0.6 is 0 Å². The van der Waals surface area contributed by atoms with Crippen molar-refractivity contribution in [2.75, 3.05) is 6.61 Å². The maximum atomic E-state index is 10.4. The van der Waals surface area contributed by atoms with Gasteiger partial charge in [0.25, 0.3) is 0 Å². The van der Waals surface area contributed by atoms with E-state index >= 15 is 0 Å². The number of aliphatic carboxylic acids is 1. The molecule has 0 unspecified atom stereocenters. The molecular formula is C10H16O5. The van der Waals surface area contributed by atoms with Crippen molar-refractivity contribution < 1.29 is 24.5 Å². The molecule has 5 nitrogen and oxygen atoms in total. The van der Waals surface area contributed by atoms with Gasteiger partial charge in [0.1, 0.15) is 0 Å². The number of carbonyl (C=O) groups excluding carboxylic acids is 1. The molecule has 0 heterocycles. The Morgan fingerprint density at radius 3 is 1.87 bits per heavy atom. The van der Waals surface area contributed by atoms with Crippen LogP contribution in [-0.2, 0) is 14.3 Å². The van der Waals surface area contributed by atoms with E-state index in [-0.39, 0.29) is 11.7 Å². The van der Waals surface area contributed by atoms with Crippen LogP contribution in [0.1, 0.15) is 20.8 Å². The molecule has 0 aromatic heterocycles. The minimum Gasteiger partial charge on any atom is -0.512 e. The summed E-state index contributed by atoms with van der Waals surface area (Å²) >= 11 is 0. The monoisotopic (exact) mass is 216 g/mol. The first kappa shape index (κ1) is 15.7. The van der Waals surface area contributed by atoms with Gasteiger partial charge in [-0.3, -0.25) is 0 Å². The zero-order valence-corrected chi connectivity index (χ0v) is 9.11. The molecule has 0 aromatic rings. The Bertz CT molecular complexity index is 261. The van der Waals surface area contributed by atoms with E-state index in [1.807, 2.05) is 0 Å². The first-order valence-corrected chi connectivity index (χ1v) is 4.24. The van der Waals surface area contributed by atoms with E-state index in [1.165, 1.54) is 6.92 Å². The fraction of sp³-hybridized carbons (Fsp3) is 0.400. The molecule has 5 heteroatoms. The molecule has 0 spiro atoms. The van der Waals surface area contributed by atoms with Gasteiger partial charge in [0.15, 0.2) is 0 Å². The number of ether oxygens (including phenoxy) is 1. The Kier molecular flexibility index (Phi) is 9.20. The lowest BCUT2D eigenvalue weighted by atomic mass is 10.4. The molecule has 15 heavy (non-hydrogen) atoms. The Morgan fingerprint density at radius 1 is 1.33 bits per heavy atom. The first-order chi connectivity index (χ1) is 6.81. The van der Waals surface area contributed by atoms with E-state index in [0.29, 0.717) is 12.2 Å². The maximum absolute atomic E-state index is 10.4. The van der Waals surface area contributed by atoms with Gasteiger partial charge in [0.2, 0.25) is 0 Å². The summed E-state index contributed by atoms with van der Waals surface area (Å²) in [6.07, 6.45) is 0.722. The third kappa shape index (κ3) is 15.0. The molecule has 0 rings (SSSR count). The number of rotatable bonds is 3. The molecule has 0 bridgehead atoms. The molecule has 0 radical (unpaired) electrons. The summed E-state index contributed by atoms with van der Waals surface area (Å²) < 4.78 is 4.56. The molecule has 0 aromatic carbocycles. The average molecular weight is 216 g/mol. The van der Waals surface area contributed by atoms with Gasteiger partial charge in [0.05, 0.1) is 18.4 Å². The second kappa shape index (κ2) is 8.80. The Labute approximate surface area is 88.7 Å². The van der Waals surface area contributed by atoms with Crippen LogP contribution in [0.15, 0.2) is 24.0 Å². The highest BCUT2D eigenvalue weighted by Crippen LogP contribution is 1.89. The van der Waals surface area contributed by atoms with Crippen molar-refractivity contribution in [3.63, 3.8) is 0 Å². The first-order valence-electron chi connectivity index (χ1n) is 4.24. The standard InChI is InChI=1S/C6H10O2.C4H6O3/c1-4-8-6(7)5(2)3;1-3(5)2-4(6)7/h2,4H2,1,3H3;2,5H,1H3,(H,6,7)/b;3-2-. The van der Waals surface area contributed by atoms with Gasteiger partial charge in [-0.15, -0.1) is 0 Å². The van der Waals surface area contributed by atoms with Crippen LogP contribution in [0.5, 0.6) is 0 Å². The Morgan fingerprint density at radius 2 is 1.80 bits per heavy atom. The number of hydrogen-bond donors (Lipinski definition) is 2. The van der Waals surface area contributed by atoms with E-state index in [0.717, 1.165) is 6.08 Å². The summed E-state index contributed by atoms with van der Waals surface area (Å²) in [5.74, 6) is -1.62. The lowest BCUT2D eigenvalue weighted by Gasteiger charge is -1.96. The Hall–Kier alpha value is -1.78. The molecule has 0 aliphatic rings. The van der Waals surface area contributed by atoms with Crippen LogP contribution in [-0.4, -0.2) is 28.8 Å². The second-order valence-electron chi connectivity index (χ2n) is 2.62. The summed E-state index contributed by atoms with van der Waals surface area (Å²) in [5, 5.41) is 16.1. The van der Waals surface area contributed by atoms with Crippen molar-refractivity contribution in [1.29, 1.82) is 0 Å². The summed E-state index contributed by atoms with van der Waals surface area (Å²) in [4.78, 5) is 20.0. The summed E-state index contributed by atoms with van der Waals surface area (Å²) in [6, 6.07) is 0. The highest BCUT2D eigenvalue weighted by molar-refractivity contribution is 5.86. The van der Waals surface area contributed by atoms with Crippen molar-refractivity contribution in [1.82, 2.24) is 0 Å². The predicted octanol–water partition coefficient (Wildman–Crippen LogP) is 1.66. The molecule has 0 amide bonds. The fourth-order valence-corrected chi connectivity index (χ4v) is 0.433. The second-order valence-corrected chi connectivity index (χ2v) is 2.62. The van der Waals surface area contributed by atoms with Gasteiger partial charge < -0.3 is 14.9 Å². The van der Waals surface area contributed by atoms with Crippen molar-refractivity contribution in [3.05, 3.63) is 24.0 Å². The minimum atomic E-state index is -1.12. The number of hydrogen-bond acceptors (Lipinski definition) is 4. The lowest BCUT2D eigenvalue weighted by molar-refractivity contribution is -0.138. The molecule has 86 valence electrons. The zero-order valence-electron chi connectivity index (χ0n) is 9.11. The van der Waals surface area contributed by atoms with Gasteiger partial charge in [-0.2, -0.15) is 0 Å². The number of aliphatic hydroxyl groups excluding tert-OH is 1. The molecule has 0 aliphatic carbocycles. The van der Waals surface area contributed by atoms with Crippen LogP contribution < -0.4 is 0 Å². The number of carboxylic acids is 1. The van der Waals surface area contributed by atoms with E-state index in [2.05, 4.69) is 11.3 Å². The minimum absolute atomic E-state index is 0.187. The SMILES string of the molecule is C/C(O)=C/C(=O)O.C=C(C)C(=O)OCC. The average Bonchev–Trinajstić information content (AvgIpc) is 2.02. The molecule has 0 fully saturated rings. The van der Waals surface area contributed by atoms with Gasteiger partial charge in [-0.05, 0) is 20.8 Å². The van der Waals surface area contributed by atoms with Gasteiger partial charge in [0, 0.05) is 5.57 Å². The molecule has 0 saturated heterocycles. The van der Waals surface area contributed by atoms with Crippen LogP contribution in [0.2, 0.25) is 0 Å². The molecule has 2 N–H and O–H groups in total. The molecule has 0 aliphatic heterocycles. The maximum Gasteiger partial charge on any atom is 0.333 e. The van der Waals surface area contributed by atoms with Crippen molar-refractivity contribution >= 4 is 11.9 Å². The van der Waals surface area contributed by atoms with Crippen molar-refractivity contribution in [2.45, 2.75) is 20.8 Å². The zero-order chi connectivity index (χ0) is 12.4. The highest BCUT2D eigenvalue weighted by Gasteiger charge is 1.98. The topological polar surface area (TPSA) is 83.8 Å². The molecule has 0 saturated carbocycles. The largest absolute Gasteiger partial charge is 0.512 e. The number of carboxylic acid groups (broad SMARTS) is 1. The highest BCUT2D eigenvalue weighted by atomic mass is 16.5. The van der Waals surface area contributed by atoms with E-state index in [4.69, 9.17) is 10.2 Å². The molecule has 0 atom stereocenters.